The van der Waals surface area contributed by atoms with E-state index in [2.05, 4.69) is 12.2 Å². The van der Waals surface area contributed by atoms with Crippen LogP contribution < -0.4 is 0 Å². The lowest BCUT2D eigenvalue weighted by Gasteiger charge is -1.96. The first-order valence-corrected chi connectivity index (χ1v) is 5.27. The first-order valence-electron chi connectivity index (χ1n) is 5.27. The number of phenols is 1. The molecule has 2 atom stereocenters. The molecule has 2 bridgehead atoms. The van der Waals surface area contributed by atoms with E-state index in [0.717, 1.165) is 11.8 Å². The summed E-state index contributed by atoms with van der Waals surface area (Å²) in [6.45, 7) is 0. The van der Waals surface area contributed by atoms with Gasteiger partial charge in [0.05, 0.1) is 0 Å². The van der Waals surface area contributed by atoms with Gasteiger partial charge in [0.2, 0.25) is 0 Å². The molecule has 1 saturated carbocycles. The topological polar surface area (TPSA) is 20.2 Å². The van der Waals surface area contributed by atoms with E-state index in [1.807, 2.05) is 6.07 Å². The van der Waals surface area contributed by atoms with Crippen molar-refractivity contribution in [3.8, 4) is 5.75 Å². The van der Waals surface area contributed by atoms with Crippen molar-refractivity contribution in [3.05, 3.63) is 42.5 Å². The summed E-state index contributed by atoms with van der Waals surface area (Å²) in [6, 6.07) is 8.71. The predicted octanol–water partition coefficient (Wildman–Crippen LogP) is 3.36. The Bertz CT molecular complexity index is 290. The molecule has 0 aromatic heterocycles. The van der Waals surface area contributed by atoms with E-state index in [4.69, 9.17) is 5.11 Å². The summed E-state index contributed by atoms with van der Waals surface area (Å²) in [7, 11) is 0. The minimum atomic E-state index is 0.322. The third-order valence-electron chi connectivity index (χ3n) is 2.93. The smallest absolute Gasteiger partial charge is 0.115 e. The van der Waals surface area contributed by atoms with E-state index in [0.29, 0.717) is 5.75 Å². The average Bonchev–Trinajstić information content (AvgIpc) is 2.83. The molecule has 1 aromatic rings. The normalized spacial score (nSPS) is 27.1. The Labute approximate surface area is 85.1 Å². The van der Waals surface area contributed by atoms with Gasteiger partial charge < -0.3 is 5.11 Å². The molecule has 2 aliphatic rings. The van der Waals surface area contributed by atoms with Gasteiger partial charge in [0.25, 0.3) is 0 Å². The Morgan fingerprint density at radius 3 is 1.71 bits per heavy atom. The Morgan fingerprint density at radius 2 is 1.50 bits per heavy atom. The van der Waals surface area contributed by atoms with Crippen LogP contribution in [0, 0.1) is 11.8 Å². The standard InChI is InChI=1S/C7H10.C6H6O/c1-2-7-4-3-6(1)5-7;7-6-4-2-1-3-5-6/h1-2,6-7H,3-5H2;1-5,7H. The molecular formula is C13H16O. The van der Waals surface area contributed by atoms with Crippen molar-refractivity contribution in [3.63, 3.8) is 0 Å². The Kier molecular flexibility index (Phi) is 2.87. The van der Waals surface area contributed by atoms with Crippen LogP contribution in [0.4, 0.5) is 0 Å². The number of aromatic hydroxyl groups is 1. The average molecular weight is 188 g/mol. The molecule has 2 unspecified atom stereocenters. The summed E-state index contributed by atoms with van der Waals surface area (Å²) in [5, 5.41) is 8.63. The number of para-hydroxylation sites is 1. The number of hydrogen-bond acceptors (Lipinski definition) is 1. The molecule has 1 nitrogen and oxygen atoms in total. The van der Waals surface area contributed by atoms with Gasteiger partial charge in [-0.2, -0.15) is 0 Å². The van der Waals surface area contributed by atoms with Gasteiger partial charge in [-0.15, -0.1) is 0 Å². The van der Waals surface area contributed by atoms with Crippen molar-refractivity contribution in [2.75, 3.05) is 0 Å². The second-order valence-electron chi connectivity index (χ2n) is 4.05. The maximum Gasteiger partial charge on any atom is 0.115 e. The molecule has 1 fully saturated rings. The highest BCUT2D eigenvalue weighted by Crippen LogP contribution is 2.38. The van der Waals surface area contributed by atoms with Crippen molar-refractivity contribution < 1.29 is 5.11 Å². The summed E-state index contributed by atoms with van der Waals surface area (Å²) in [4.78, 5) is 0. The van der Waals surface area contributed by atoms with Crippen LogP contribution in [0.1, 0.15) is 19.3 Å². The number of rotatable bonds is 0. The molecule has 0 saturated heterocycles. The van der Waals surface area contributed by atoms with Crippen LogP contribution in [-0.2, 0) is 0 Å². The van der Waals surface area contributed by atoms with Crippen molar-refractivity contribution >= 4 is 0 Å². The van der Waals surface area contributed by atoms with Crippen LogP contribution in [-0.4, -0.2) is 5.11 Å². The first kappa shape index (κ1) is 9.32. The molecule has 0 radical (unpaired) electrons. The molecule has 0 spiro atoms. The van der Waals surface area contributed by atoms with Gasteiger partial charge in [0, 0.05) is 0 Å². The summed E-state index contributed by atoms with van der Waals surface area (Å²) in [6.07, 6.45) is 9.19. The molecule has 3 rings (SSSR count). The monoisotopic (exact) mass is 188 g/mol. The minimum absolute atomic E-state index is 0.322. The van der Waals surface area contributed by atoms with Crippen LogP contribution in [0.25, 0.3) is 0 Å². The highest BCUT2D eigenvalue weighted by molar-refractivity contribution is 5.18. The summed E-state index contributed by atoms with van der Waals surface area (Å²) in [5.74, 6) is 2.30. The van der Waals surface area contributed by atoms with E-state index >= 15 is 0 Å². The first-order chi connectivity index (χ1) is 6.84. The molecule has 74 valence electrons. The Hall–Kier alpha value is -1.24. The molecular weight excluding hydrogens is 172 g/mol. The summed E-state index contributed by atoms with van der Waals surface area (Å²) < 4.78 is 0. The largest absolute Gasteiger partial charge is 0.508 e. The molecule has 1 heteroatoms. The van der Waals surface area contributed by atoms with Crippen molar-refractivity contribution in [1.29, 1.82) is 0 Å². The van der Waals surface area contributed by atoms with Gasteiger partial charge in [-0.05, 0) is 43.2 Å². The highest BCUT2D eigenvalue weighted by atomic mass is 16.3. The predicted molar refractivity (Wildman–Crippen MR) is 58.1 cm³/mol. The maximum atomic E-state index is 8.63. The zero-order valence-electron chi connectivity index (χ0n) is 8.26. The fourth-order valence-electron chi connectivity index (χ4n) is 2.14. The van der Waals surface area contributed by atoms with Gasteiger partial charge in [0.15, 0.2) is 0 Å². The van der Waals surface area contributed by atoms with Gasteiger partial charge in [-0.3, -0.25) is 0 Å². The van der Waals surface area contributed by atoms with Crippen molar-refractivity contribution in [2.24, 2.45) is 11.8 Å². The molecule has 2 aliphatic carbocycles. The lowest BCUT2D eigenvalue weighted by molar-refractivity contribution is 0.475. The van der Waals surface area contributed by atoms with Gasteiger partial charge in [0.1, 0.15) is 5.75 Å². The lowest BCUT2D eigenvalue weighted by Crippen LogP contribution is -1.82. The lowest BCUT2D eigenvalue weighted by atomic mass is 10.1. The van der Waals surface area contributed by atoms with E-state index in [1.165, 1.54) is 19.3 Å². The molecule has 1 aromatic carbocycles. The van der Waals surface area contributed by atoms with Crippen molar-refractivity contribution in [2.45, 2.75) is 19.3 Å². The quantitative estimate of drug-likeness (QED) is 0.619. The molecule has 14 heavy (non-hydrogen) atoms. The van der Waals surface area contributed by atoms with Gasteiger partial charge in [-0.1, -0.05) is 30.4 Å². The van der Waals surface area contributed by atoms with Gasteiger partial charge in [-0.25, -0.2) is 0 Å². The third-order valence-corrected chi connectivity index (χ3v) is 2.93. The van der Waals surface area contributed by atoms with Crippen LogP contribution in [0.2, 0.25) is 0 Å². The fourth-order valence-corrected chi connectivity index (χ4v) is 2.14. The molecule has 0 aliphatic heterocycles. The molecule has 0 heterocycles. The van der Waals surface area contributed by atoms with E-state index in [9.17, 15) is 0 Å². The zero-order valence-corrected chi connectivity index (χ0v) is 8.26. The van der Waals surface area contributed by atoms with Crippen LogP contribution in [0.5, 0.6) is 5.75 Å². The minimum Gasteiger partial charge on any atom is -0.508 e. The SMILES string of the molecule is C1=CC2CCC1C2.Oc1ccccc1. The fraction of sp³-hybridized carbons (Fsp3) is 0.385. The Balaban J connectivity index is 0.000000107. The number of hydrogen-bond donors (Lipinski definition) is 1. The van der Waals surface area contributed by atoms with Gasteiger partial charge >= 0.3 is 0 Å². The van der Waals surface area contributed by atoms with Crippen molar-refractivity contribution in [1.82, 2.24) is 0 Å². The number of benzene rings is 1. The second kappa shape index (κ2) is 4.32. The number of fused-ring (bicyclic) bond motifs is 2. The number of phenolic OH excluding ortho intramolecular Hbond substituents is 1. The van der Waals surface area contributed by atoms with E-state index in [-0.39, 0.29) is 0 Å². The second-order valence-corrected chi connectivity index (χ2v) is 4.05. The van der Waals surface area contributed by atoms with Crippen LogP contribution in [0.3, 0.4) is 0 Å². The van der Waals surface area contributed by atoms with E-state index in [1.54, 1.807) is 24.3 Å². The molecule has 0 amide bonds. The Morgan fingerprint density at radius 1 is 0.929 bits per heavy atom. The third kappa shape index (κ3) is 2.38. The summed E-state index contributed by atoms with van der Waals surface area (Å²) >= 11 is 0. The highest BCUT2D eigenvalue weighted by Gasteiger charge is 2.25. The number of allylic oxidation sites excluding steroid dienone is 2. The zero-order chi connectivity index (χ0) is 9.80. The van der Waals surface area contributed by atoms with E-state index < -0.39 is 0 Å². The molecule has 1 N–H and O–H groups in total. The van der Waals surface area contributed by atoms with Crippen LogP contribution >= 0.6 is 0 Å². The maximum absolute atomic E-state index is 8.63. The summed E-state index contributed by atoms with van der Waals surface area (Å²) in [5.41, 5.74) is 0. The van der Waals surface area contributed by atoms with Crippen LogP contribution in [0.15, 0.2) is 42.5 Å².